The van der Waals surface area contributed by atoms with Crippen molar-refractivity contribution in [3.63, 3.8) is 0 Å². The molecular weight excluding hydrogens is 386 g/mol. The molecule has 0 fully saturated rings. The Morgan fingerprint density at radius 1 is 1.20 bits per heavy atom. The molecule has 0 radical (unpaired) electrons. The van der Waals surface area contributed by atoms with Crippen LogP contribution in [0.15, 0.2) is 53.8 Å². The molecule has 1 aliphatic carbocycles. The molecule has 1 aliphatic rings. The summed E-state index contributed by atoms with van der Waals surface area (Å²) in [6.07, 6.45) is -0.671. The van der Waals surface area contributed by atoms with Gasteiger partial charge in [-0.25, -0.2) is 4.79 Å². The standard InChI is InChI=1S/C21H23N5O4/c1-21(19(27)28,11-6-12-22)26(25-24-23)20(29)30-13-18-16-9-4-2-7-14(16)15-8-3-5-10-17(15)18/h2-5,7-10,18H,6,11-13,22H2,1H3,(H,27,28)/t21-/m1/s1. The number of ether oxygens (including phenoxy) is 1. The number of amides is 1. The number of hydrogen-bond acceptors (Lipinski definition) is 5. The molecule has 0 aliphatic heterocycles. The van der Waals surface area contributed by atoms with Crippen LogP contribution in [0.4, 0.5) is 4.79 Å². The van der Waals surface area contributed by atoms with E-state index in [0.717, 1.165) is 22.3 Å². The highest BCUT2D eigenvalue weighted by molar-refractivity contribution is 5.84. The average Bonchev–Trinajstić information content (AvgIpc) is 3.08. The molecule has 0 saturated carbocycles. The summed E-state index contributed by atoms with van der Waals surface area (Å²) in [6.45, 7) is 1.52. The molecule has 0 bridgehead atoms. The van der Waals surface area contributed by atoms with Gasteiger partial charge in [-0.2, -0.15) is 9.71 Å². The molecule has 1 atom stereocenters. The van der Waals surface area contributed by atoms with Gasteiger partial charge in [0, 0.05) is 12.3 Å². The van der Waals surface area contributed by atoms with Gasteiger partial charge in [0.1, 0.15) is 6.61 Å². The fraction of sp³-hybridized carbons (Fsp3) is 0.333. The van der Waals surface area contributed by atoms with Gasteiger partial charge in [0.05, 0.1) is 0 Å². The normalized spacial score (nSPS) is 14.1. The highest BCUT2D eigenvalue weighted by Gasteiger charge is 2.48. The first-order valence-corrected chi connectivity index (χ1v) is 9.57. The molecule has 0 saturated heterocycles. The summed E-state index contributed by atoms with van der Waals surface area (Å²) in [7, 11) is 0. The second-order valence-corrected chi connectivity index (χ2v) is 7.27. The van der Waals surface area contributed by atoms with Crippen LogP contribution in [0.3, 0.4) is 0 Å². The summed E-state index contributed by atoms with van der Waals surface area (Å²) < 4.78 is 5.46. The van der Waals surface area contributed by atoms with Crippen molar-refractivity contribution in [1.82, 2.24) is 5.01 Å². The predicted octanol–water partition coefficient (Wildman–Crippen LogP) is 4.05. The molecule has 9 nitrogen and oxygen atoms in total. The van der Waals surface area contributed by atoms with Crippen molar-refractivity contribution in [2.75, 3.05) is 13.2 Å². The summed E-state index contributed by atoms with van der Waals surface area (Å²) in [5.41, 5.74) is 16.8. The summed E-state index contributed by atoms with van der Waals surface area (Å²) in [5, 5.41) is 13.5. The minimum atomic E-state index is -1.77. The van der Waals surface area contributed by atoms with E-state index in [4.69, 9.17) is 16.0 Å². The van der Waals surface area contributed by atoms with Crippen molar-refractivity contribution >= 4 is 12.1 Å². The van der Waals surface area contributed by atoms with Gasteiger partial charge >= 0.3 is 12.1 Å². The maximum Gasteiger partial charge on any atom is 0.511 e. The first-order chi connectivity index (χ1) is 14.4. The maximum absolute atomic E-state index is 12.8. The topological polar surface area (TPSA) is 142 Å². The minimum Gasteiger partial charge on any atom is -0.478 e. The van der Waals surface area contributed by atoms with E-state index in [0.29, 0.717) is 11.4 Å². The Balaban J connectivity index is 1.84. The Morgan fingerprint density at radius 3 is 2.27 bits per heavy atom. The molecular formula is C21H23N5O4. The first-order valence-electron chi connectivity index (χ1n) is 9.57. The highest BCUT2D eigenvalue weighted by atomic mass is 16.6. The zero-order valence-corrected chi connectivity index (χ0v) is 16.6. The Bertz CT molecular complexity index is 959. The van der Waals surface area contributed by atoms with Crippen LogP contribution in [-0.4, -0.2) is 40.9 Å². The van der Waals surface area contributed by atoms with Crippen LogP contribution in [-0.2, 0) is 9.53 Å². The molecule has 2 aromatic carbocycles. The van der Waals surface area contributed by atoms with Gasteiger partial charge in [-0.15, -0.1) is 10.5 Å². The number of carbonyl (C=O) groups is 2. The molecule has 3 N–H and O–H groups in total. The smallest absolute Gasteiger partial charge is 0.478 e. The monoisotopic (exact) mass is 409 g/mol. The summed E-state index contributed by atoms with van der Waals surface area (Å²) >= 11 is 0. The molecule has 0 unspecified atom stereocenters. The van der Waals surface area contributed by atoms with Gasteiger partial charge in [-0.3, -0.25) is 0 Å². The highest BCUT2D eigenvalue weighted by Crippen LogP contribution is 2.44. The molecule has 30 heavy (non-hydrogen) atoms. The lowest BCUT2D eigenvalue weighted by atomic mass is 9.95. The zero-order chi connectivity index (χ0) is 21.7. The number of benzene rings is 2. The van der Waals surface area contributed by atoms with Crippen molar-refractivity contribution in [2.24, 2.45) is 11.0 Å². The molecule has 1 amide bonds. The number of aliphatic carboxylic acids is 1. The third-order valence-corrected chi connectivity index (χ3v) is 5.43. The molecule has 2 aromatic rings. The van der Waals surface area contributed by atoms with Crippen LogP contribution in [0.25, 0.3) is 21.6 Å². The summed E-state index contributed by atoms with van der Waals surface area (Å²) in [5.74, 6) is -1.51. The molecule has 0 spiro atoms. The molecule has 3 rings (SSSR count). The number of rotatable bonds is 8. The van der Waals surface area contributed by atoms with Crippen molar-refractivity contribution in [3.05, 3.63) is 70.1 Å². The van der Waals surface area contributed by atoms with E-state index in [1.165, 1.54) is 6.92 Å². The zero-order valence-electron chi connectivity index (χ0n) is 16.6. The summed E-state index contributed by atoms with van der Waals surface area (Å²) in [6, 6.07) is 15.7. The van der Waals surface area contributed by atoms with E-state index < -0.39 is 17.6 Å². The lowest BCUT2D eigenvalue weighted by Crippen LogP contribution is -2.52. The SMILES string of the molecule is C[C@@](CCCN)(C(=O)O)N(N=[N+]=[N-])C(=O)OCC1c2ccccc2-c2ccccc21. The van der Waals surface area contributed by atoms with Gasteiger partial charge < -0.3 is 15.6 Å². The minimum absolute atomic E-state index is 0.0159. The quantitative estimate of drug-likeness (QED) is 0.293. The fourth-order valence-electron chi connectivity index (χ4n) is 3.78. The van der Waals surface area contributed by atoms with Gasteiger partial charge in [0.2, 0.25) is 5.54 Å². The van der Waals surface area contributed by atoms with Crippen molar-refractivity contribution in [3.8, 4) is 11.1 Å². The van der Waals surface area contributed by atoms with Gasteiger partial charge in [-0.1, -0.05) is 48.5 Å². The summed E-state index contributed by atoms with van der Waals surface area (Å²) in [4.78, 5) is 27.3. The van der Waals surface area contributed by atoms with Crippen molar-refractivity contribution in [1.29, 1.82) is 0 Å². The number of carbonyl (C=O) groups excluding carboxylic acids is 1. The van der Waals surface area contributed by atoms with E-state index in [2.05, 4.69) is 10.1 Å². The maximum atomic E-state index is 12.8. The van der Waals surface area contributed by atoms with E-state index in [1.807, 2.05) is 48.5 Å². The van der Waals surface area contributed by atoms with Crippen LogP contribution < -0.4 is 5.73 Å². The second kappa shape index (κ2) is 8.86. The predicted molar refractivity (Wildman–Crippen MR) is 110 cm³/mol. The van der Waals surface area contributed by atoms with Crippen LogP contribution >= 0.6 is 0 Å². The number of carboxylic acids is 1. The fourth-order valence-corrected chi connectivity index (χ4v) is 3.78. The van der Waals surface area contributed by atoms with Crippen LogP contribution in [0.5, 0.6) is 0 Å². The van der Waals surface area contributed by atoms with Crippen LogP contribution in [0.1, 0.15) is 36.8 Å². The van der Waals surface area contributed by atoms with Crippen molar-refractivity contribution < 1.29 is 19.4 Å². The third-order valence-electron chi connectivity index (χ3n) is 5.43. The number of azide groups is 1. The van der Waals surface area contributed by atoms with E-state index in [1.54, 1.807) is 0 Å². The third kappa shape index (κ3) is 3.80. The number of carboxylic acid groups (broad SMARTS) is 1. The molecule has 0 heterocycles. The van der Waals surface area contributed by atoms with Gasteiger partial charge in [-0.05, 0) is 47.4 Å². The van der Waals surface area contributed by atoms with Gasteiger partial charge in [0.25, 0.3) is 0 Å². The Hall–Kier alpha value is -3.55. The molecule has 156 valence electrons. The molecule has 0 aromatic heterocycles. The number of hydrogen-bond donors (Lipinski definition) is 2. The van der Waals surface area contributed by atoms with E-state index in [-0.39, 0.29) is 25.5 Å². The second-order valence-electron chi connectivity index (χ2n) is 7.27. The van der Waals surface area contributed by atoms with Crippen molar-refractivity contribution in [2.45, 2.75) is 31.2 Å². The number of fused-ring (bicyclic) bond motifs is 3. The van der Waals surface area contributed by atoms with Crippen LogP contribution in [0.2, 0.25) is 0 Å². The first kappa shape index (κ1) is 21.2. The Labute approximate surface area is 173 Å². The van der Waals surface area contributed by atoms with E-state index in [9.17, 15) is 14.7 Å². The van der Waals surface area contributed by atoms with E-state index >= 15 is 0 Å². The van der Waals surface area contributed by atoms with Gasteiger partial charge in [0.15, 0.2) is 0 Å². The average molecular weight is 409 g/mol. The molecule has 9 heteroatoms. The Kier molecular flexibility index (Phi) is 6.25. The number of nitrogens with zero attached hydrogens (tertiary/aromatic N) is 4. The number of nitrogens with two attached hydrogens (primary N) is 1. The lowest BCUT2D eigenvalue weighted by Gasteiger charge is -2.28. The lowest BCUT2D eigenvalue weighted by molar-refractivity contribution is -0.150. The Morgan fingerprint density at radius 2 is 1.77 bits per heavy atom. The largest absolute Gasteiger partial charge is 0.511 e. The van der Waals surface area contributed by atoms with Crippen LogP contribution in [0, 0.1) is 0 Å².